The molecule has 0 radical (unpaired) electrons. The minimum absolute atomic E-state index is 0.0110. The molecule has 2 rings (SSSR count). The molecule has 0 spiro atoms. The lowest BCUT2D eigenvalue weighted by atomic mass is 10.1. The molecular weight excluding hydrogens is 234 g/mol. The van der Waals surface area contributed by atoms with Crippen LogP contribution in [0.5, 0.6) is 0 Å². The van der Waals surface area contributed by atoms with Crippen molar-refractivity contribution in [3.05, 3.63) is 27.7 Å². The molecule has 0 saturated carbocycles. The van der Waals surface area contributed by atoms with Gasteiger partial charge in [0.15, 0.2) is 0 Å². The van der Waals surface area contributed by atoms with E-state index in [1.165, 1.54) is 16.9 Å². The Kier molecular flexibility index (Phi) is 3.59. The lowest BCUT2D eigenvalue weighted by Gasteiger charge is -2.24. The average molecular weight is 251 g/mol. The quantitative estimate of drug-likeness (QED) is 0.817. The standard InChI is InChI=1S/C12H17N3OS/c1-8-3-5-15(6-4-8)12(16)10-7-17-11(14-10)9(2)13/h3,7,9H,4-6,13H2,1-2H3. The zero-order valence-corrected chi connectivity index (χ0v) is 11.0. The van der Waals surface area contributed by atoms with Gasteiger partial charge in [-0.2, -0.15) is 0 Å². The summed E-state index contributed by atoms with van der Waals surface area (Å²) in [5.74, 6) is 0.0110. The Labute approximate surface area is 105 Å². The van der Waals surface area contributed by atoms with Crippen LogP contribution < -0.4 is 5.73 Å². The number of amides is 1. The van der Waals surface area contributed by atoms with Crippen molar-refractivity contribution in [3.63, 3.8) is 0 Å². The Bertz CT molecular complexity index is 450. The molecule has 92 valence electrons. The summed E-state index contributed by atoms with van der Waals surface area (Å²) in [7, 11) is 0. The van der Waals surface area contributed by atoms with Crippen molar-refractivity contribution in [2.24, 2.45) is 5.73 Å². The molecule has 5 heteroatoms. The molecule has 1 aliphatic heterocycles. The van der Waals surface area contributed by atoms with Crippen LogP contribution in [-0.4, -0.2) is 28.9 Å². The molecule has 4 nitrogen and oxygen atoms in total. The summed E-state index contributed by atoms with van der Waals surface area (Å²) in [4.78, 5) is 18.3. The highest BCUT2D eigenvalue weighted by Crippen LogP contribution is 2.18. The number of carbonyl (C=O) groups excluding carboxylic acids is 1. The van der Waals surface area contributed by atoms with Gasteiger partial charge in [-0.1, -0.05) is 11.6 Å². The zero-order chi connectivity index (χ0) is 12.4. The maximum atomic E-state index is 12.1. The van der Waals surface area contributed by atoms with E-state index < -0.39 is 0 Å². The second-order valence-corrected chi connectivity index (χ2v) is 5.30. The van der Waals surface area contributed by atoms with E-state index in [-0.39, 0.29) is 11.9 Å². The van der Waals surface area contributed by atoms with Crippen molar-refractivity contribution in [2.45, 2.75) is 26.3 Å². The number of nitrogens with two attached hydrogens (primary N) is 1. The van der Waals surface area contributed by atoms with Crippen molar-refractivity contribution in [3.8, 4) is 0 Å². The number of nitrogens with zero attached hydrogens (tertiary/aromatic N) is 2. The van der Waals surface area contributed by atoms with Crippen molar-refractivity contribution in [1.82, 2.24) is 9.88 Å². The summed E-state index contributed by atoms with van der Waals surface area (Å²) >= 11 is 1.45. The molecule has 1 aromatic rings. The first-order chi connectivity index (χ1) is 8.08. The summed E-state index contributed by atoms with van der Waals surface area (Å²) in [6.45, 7) is 5.45. The first-order valence-electron chi connectivity index (χ1n) is 5.74. The monoisotopic (exact) mass is 251 g/mol. The molecule has 1 aliphatic rings. The van der Waals surface area contributed by atoms with Crippen LogP contribution in [0.4, 0.5) is 0 Å². The van der Waals surface area contributed by atoms with Gasteiger partial charge < -0.3 is 10.6 Å². The summed E-state index contributed by atoms with van der Waals surface area (Å²) in [6.07, 6.45) is 3.05. The molecule has 2 N–H and O–H groups in total. The predicted molar refractivity (Wildman–Crippen MR) is 69.0 cm³/mol. The Balaban J connectivity index is 2.09. The third kappa shape index (κ3) is 2.73. The third-order valence-corrected chi connectivity index (χ3v) is 3.90. The maximum absolute atomic E-state index is 12.1. The van der Waals surface area contributed by atoms with E-state index in [4.69, 9.17) is 5.73 Å². The van der Waals surface area contributed by atoms with Crippen LogP contribution in [0.15, 0.2) is 17.0 Å². The number of thiazole rings is 1. The Morgan fingerprint density at radius 3 is 2.94 bits per heavy atom. The molecular formula is C12H17N3OS. The van der Waals surface area contributed by atoms with Crippen LogP contribution >= 0.6 is 11.3 Å². The highest BCUT2D eigenvalue weighted by atomic mass is 32.1. The van der Waals surface area contributed by atoms with Gasteiger partial charge in [-0.15, -0.1) is 11.3 Å². The highest BCUT2D eigenvalue weighted by molar-refractivity contribution is 7.09. The SMILES string of the molecule is CC1=CCN(C(=O)c2csc(C(C)N)n2)CC1. The first kappa shape index (κ1) is 12.3. The van der Waals surface area contributed by atoms with Gasteiger partial charge in [0.1, 0.15) is 10.7 Å². The summed E-state index contributed by atoms with van der Waals surface area (Å²) in [5.41, 5.74) is 7.61. The molecule has 0 bridgehead atoms. The lowest BCUT2D eigenvalue weighted by molar-refractivity contribution is 0.0764. The zero-order valence-electron chi connectivity index (χ0n) is 10.1. The number of hydrogen-bond donors (Lipinski definition) is 1. The summed E-state index contributed by atoms with van der Waals surface area (Å²) in [5, 5.41) is 2.61. The van der Waals surface area contributed by atoms with Crippen molar-refractivity contribution in [1.29, 1.82) is 0 Å². The van der Waals surface area contributed by atoms with Crippen molar-refractivity contribution < 1.29 is 4.79 Å². The topological polar surface area (TPSA) is 59.2 Å². The van der Waals surface area contributed by atoms with Crippen LogP contribution in [-0.2, 0) is 0 Å². The molecule has 0 saturated heterocycles. The van der Waals surface area contributed by atoms with E-state index in [1.54, 1.807) is 5.38 Å². The van der Waals surface area contributed by atoms with Crippen molar-refractivity contribution >= 4 is 17.2 Å². The van der Waals surface area contributed by atoms with Gasteiger partial charge in [-0.25, -0.2) is 4.98 Å². The third-order valence-electron chi connectivity index (χ3n) is 2.85. The van der Waals surface area contributed by atoms with Gasteiger partial charge in [-0.3, -0.25) is 4.79 Å². The number of carbonyl (C=O) groups is 1. The fraction of sp³-hybridized carbons (Fsp3) is 0.500. The fourth-order valence-electron chi connectivity index (χ4n) is 1.71. The lowest BCUT2D eigenvalue weighted by Crippen LogP contribution is -2.34. The smallest absolute Gasteiger partial charge is 0.273 e. The molecule has 1 aromatic heterocycles. The fourth-order valence-corrected chi connectivity index (χ4v) is 2.46. The van der Waals surface area contributed by atoms with E-state index in [0.717, 1.165) is 18.0 Å². The van der Waals surface area contributed by atoms with Crippen LogP contribution in [0.3, 0.4) is 0 Å². The van der Waals surface area contributed by atoms with Gasteiger partial charge in [0.25, 0.3) is 5.91 Å². The molecule has 0 aliphatic carbocycles. The largest absolute Gasteiger partial charge is 0.333 e. The number of aromatic nitrogens is 1. The predicted octanol–water partition coefficient (Wildman–Crippen LogP) is 1.96. The molecule has 1 unspecified atom stereocenters. The average Bonchev–Trinajstić information content (AvgIpc) is 2.78. The van der Waals surface area contributed by atoms with Gasteiger partial charge in [0.2, 0.25) is 0 Å². The van der Waals surface area contributed by atoms with Crippen LogP contribution in [0, 0.1) is 0 Å². The number of rotatable bonds is 2. The van der Waals surface area contributed by atoms with E-state index in [0.29, 0.717) is 12.2 Å². The van der Waals surface area contributed by atoms with E-state index in [1.807, 2.05) is 11.8 Å². The van der Waals surface area contributed by atoms with E-state index in [9.17, 15) is 4.79 Å². The maximum Gasteiger partial charge on any atom is 0.273 e. The Morgan fingerprint density at radius 2 is 2.41 bits per heavy atom. The number of hydrogen-bond acceptors (Lipinski definition) is 4. The normalized spacial score (nSPS) is 17.8. The van der Waals surface area contributed by atoms with Crippen LogP contribution in [0.2, 0.25) is 0 Å². The van der Waals surface area contributed by atoms with E-state index in [2.05, 4.69) is 18.0 Å². The van der Waals surface area contributed by atoms with Gasteiger partial charge in [0.05, 0.1) is 6.04 Å². The second-order valence-electron chi connectivity index (χ2n) is 4.41. The first-order valence-corrected chi connectivity index (χ1v) is 6.62. The Hall–Kier alpha value is -1.20. The molecule has 1 amide bonds. The molecule has 2 heterocycles. The van der Waals surface area contributed by atoms with Gasteiger partial charge in [0, 0.05) is 18.5 Å². The molecule has 0 fully saturated rings. The van der Waals surface area contributed by atoms with Gasteiger partial charge >= 0.3 is 0 Å². The second kappa shape index (κ2) is 4.98. The minimum atomic E-state index is -0.106. The van der Waals surface area contributed by atoms with E-state index >= 15 is 0 Å². The minimum Gasteiger partial charge on any atom is -0.333 e. The molecule has 17 heavy (non-hydrogen) atoms. The van der Waals surface area contributed by atoms with Crippen LogP contribution in [0.1, 0.15) is 41.8 Å². The summed E-state index contributed by atoms with van der Waals surface area (Å²) < 4.78 is 0. The molecule has 1 atom stereocenters. The van der Waals surface area contributed by atoms with Gasteiger partial charge in [-0.05, 0) is 20.3 Å². The van der Waals surface area contributed by atoms with Crippen LogP contribution in [0.25, 0.3) is 0 Å². The molecule has 0 aromatic carbocycles. The Morgan fingerprint density at radius 1 is 1.65 bits per heavy atom. The summed E-state index contributed by atoms with van der Waals surface area (Å²) in [6, 6.07) is -0.106. The highest BCUT2D eigenvalue weighted by Gasteiger charge is 2.20. The van der Waals surface area contributed by atoms with Crippen molar-refractivity contribution in [2.75, 3.05) is 13.1 Å².